The molecule has 0 bridgehead atoms. The molecular weight excluding hydrogens is 336 g/mol. The average Bonchev–Trinajstić information content (AvgIpc) is 2.65. The highest BCUT2D eigenvalue weighted by atomic mass is 16.5. The number of rotatable bonds is 5. The molecule has 1 aliphatic rings. The summed E-state index contributed by atoms with van der Waals surface area (Å²) in [4.78, 5) is 26.4. The van der Waals surface area contributed by atoms with Crippen LogP contribution < -0.4 is 24.4 Å². The number of amides is 2. The van der Waals surface area contributed by atoms with Crippen LogP contribution in [0.2, 0.25) is 0 Å². The molecule has 2 aromatic rings. The van der Waals surface area contributed by atoms with Gasteiger partial charge in [-0.15, -0.1) is 0 Å². The molecule has 2 aromatic carbocycles. The molecule has 3 rings (SSSR count). The molecule has 0 aliphatic carbocycles. The predicted molar refractivity (Wildman–Crippen MR) is 97.1 cm³/mol. The SMILES string of the molecule is COc1ccc(NC(=O)CN2C(=O)[C@@H](C)Oc3ccccc32)c(OC)c1. The number of fused-ring (bicyclic) bond motifs is 1. The summed E-state index contributed by atoms with van der Waals surface area (Å²) in [7, 11) is 3.06. The van der Waals surface area contributed by atoms with Gasteiger partial charge in [0.15, 0.2) is 6.10 Å². The third-order valence-electron chi connectivity index (χ3n) is 4.06. The van der Waals surface area contributed by atoms with E-state index in [1.165, 1.54) is 12.0 Å². The minimum atomic E-state index is -0.645. The van der Waals surface area contributed by atoms with Crippen molar-refractivity contribution in [3.8, 4) is 17.2 Å². The zero-order valence-electron chi connectivity index (χ0n) is 14.8. The van der Waals surface area contributed by atoms with Gasteiger partial charge in [0, 0.05) is 6.07 Å². The molecule has 7 nitrogen and oxygen atoms in total. The van der Waals surface area contributed by atoms with Gasteiger partial charge in [-0.3, -0.25) is 14.5 Å². The largest absolute Gasteiger partial charge is 0.497 e. The van der Waals surface area contributed by atoms with Crippen LogP contribution in [0.3, 0.4) is 0 Å². The monoisotopic (exact) mass is 356 g/mol. The summed E-state index contributed by atoms with van der Waals surface area (Å²) in [5, 5.41) is 2.77. The predicted octanol–water partition coefficient (Wildman–Crippen LogP) is 2.46. The smallest absolute Gasteiger partial charge is 0.268 e. The van der Waals surface area contributed by atoms with E-state index in [-0.39, 0.29) is 18.4 Å². The molecule has 26 heavy (non-hydrogen) atoms. The van der Waals surface area contributed by atoms with Gasteiger partial charge in [-0.1, -0.05) is 12.1 Å². The van der Waals surface area contributed by atoms with Gasteiger partial charge in [0.05, 0.1) is 25.6 Å². The molecule has 0 saturated heterocycles. The Morgan fingerprint density at radius 1 is 1.19 bits per heavy atom. The van der Waals surface area contributed by atoms with Crippen molar-refractivity contribution in [1.29, 1.82) is 0 Å². The number of para-hydroxylation sites is 2. The first-order valence-electron chi connectivity index (χ1n) is 8.12. The van der Waals surface area contributed by atoms with Gasteiger partial charge in [0.25, 0.3) is 5.91 Å². The third-order valence-corrected chi connectivity index (χ3v) is 4.06. The molecular formula is C19H20N2O5. The van der Waals surface area contributed by atoms with Gasteiger partial charge in [-0.25, -0.2) is 0 Å². The zero-order chi connectivity index (χ0) is 18.7. The Kier molecular flexibility index (Phi) is 4.97. The molecule has 0 fully saturated rings. The van der Waals surface area contributed by atoms with E-state index < -0.39 is 6.10 Å². The number of anilines is 2. The van der Waals surface area contributed by atoms with Crippen molar-refractivity contribution in [1.82, 2.24) is 0 Å². The molecule has 0 spiro atoms. The van der Waals surface area contributed by atoms with Crippen LogP contribution in [0.25, 0.3) is 0 Å². The van der Waals surface area contributed by atoms with Crippen LogP contribution in [-0.4, -0.2) is 38.7 Å². The molecule has 1 N–H and O–H groups in total. The van der Waals surface area contributed by atoms with Crippen molar-refractivity contribution in [3.05, 3.63) is 42.5 Å². The summed E-state index contributed by atoms with van der Waals surface area (Å²) in [5.41, 5.74) is 1.08. The van der Waals surface area contributed by atoms with Crippen LogP contribution in [-0.2, 0) is 9.59 Å². The van der Waals surface area contributed by atoms with Crippen LogP contribution in [0.4, 0.5) is 11.4 Å². The topological polar surface area (TPSA) is 77.1 Å². The van der Waals surface area contributed by atoms with Crippen molar-refractivity contribution in [3.63, 3.8) is 0 Å². The number of methoxy groups -OCH3 is 2. The number of hydrogen-bond donors (Lipinski definition) is 1. The van der Waals surface area contributed by atoms with Gasteiger partial charge in [-0.05, 0) is 31.2 Å². The molecule has 1 aliphatic heterocycles. The van der Waals surface area contributed by atoms with Crippen LogP contribution in [0.15, 0.2) is 42.5 Å². The van der Waals surface area contributed by atoms with E-state index >= 15 is 0 Å². The van der Waals surface area contributed by atoms with E-state index in [0.29, 0.717) is 28.6 Å². The van der Waals surface area contributed by atoms with Crippen molar-refractivity contribution in [2.24, 2.45) is 0 Å². The number of benzene rings is 2. The first-order valence-corrected chi connectivity index (χ1v) is 8.12. The second kappa shape index (κ2) is 7.35. The summed E-state index contributed by atoms with van der Waals surface area (Å²) in [6.45, 7) is 1.54. The van der Waals surface area contributed by atoms with Gasteiger partial charge in [-0.2, -0.15) is 0 Å². The molecule has 0 unspecified atom stereocenters. The van der Waals surface area contributed by atoms with Gasteiger partial charge in [0.1, 0.15) is 23.8 Å². The summed E-state index contributed by atoms with van der Waals surface area (Å²) in [6, 6.07) is 12.2. The van der Waals surface area contributed by atoms with Crippen molar-refractivity contribution in [2.75, 3.05) is 31.0 Å². The first kappa shape index (κ1) is 17.6. The van der Waals surface area contributed by atoms with Crippen LogP contribution in [0.1, 0.15) is 6.92 Å². The highest BCUT2D eigenvalue weighted by Gasteiger charge is 2.32. The zero-order valence-corrected chi connectivity index (χ0v) is 14.8. The Hall–Kier alpha value is -3.22. The third kappa shape index (κ3) is 3.42. The van der Waals surface area contributed by atoms with Gasteiger partial charge >= 0.3 is 0 Å². The Morgan fingerprint density at radius 2 is 1.96 bits per heavy atom. The minimum absolute atomic E-state index is 0.126. The lowest BCUT2D eigenvalue weighted by Gasteiger charge is -2.32. The van der Waals surface area contributed by atoms with Crippen molar-refractivity contribution < 1.29 is 23.8 Å². The van der Waals surface area contributed by atoms with E-state index in [1.807, 2.05) is 6.07 Å². The van der Waals surface area contributed by atoms with Crippen molar-refractivity contribution >= 4 is 23.2 Å². The molecule has 136 valence electrons. The highest BCUT2D eigenvalue weighted by Crippen LogP contribution is 2.34. The number of nitrogens with one attached hydrogen (secondary N) is 1. The van der Waals surface area contributed by atoms with Gasteiger partial charge in [0.2, 0.25) is 5.91 Å². The Balaban J connectivity index is 1.79. The average molecular weight is 356 g/mol. The number of hydrogen-bond acceptors (Lipinski definition) is 5. The number of carbonyl (C=O) groups excluding carboxylic acids is 2. The molecule has 0 radical (unpaired) electrons. The fraction of sp³-hybridized carbons (Fsp3) is 0.263. The molecule has 7 heteroatoms. The maximum Gasteiger partial charge on any atom is 0.268 e. The molecule has 1 atom stereocenters. The maximum absolute atomic E-state index is 12.5. The summed E-state index contributed by atoms with van der Waals surface area (Å²) < 4.78 is 16.0. The lowest BCUT2D eigenvalue weighted by atomic mass is 10.2. The molecule has 1 heterocycles. The van der Waals surface area contributed by atoms with Crippen molar-refractivity contribution in [2.45, 2.75) is 13.0 Å². The van der Waals surface area contributed by atoms with E-state index in [2.05, 4.69) is 5.32 Å². The van der Waals surface area contributed by atoms with E-state index in [1.54, 1.807) is 50.4 Å². The first-order chi connectivity index (χ1) is 12.5. The molecule has 0 saturated carbocycles. The number of carbonyl (C=O) groups is 2. The Bertz CT molecular complexity index is 836. The lowest BCUT2D eigenvalue weighted by molar-refractivity contribution is -0.127. The fourth-order valence-corrected chi connectivity index (χ4v) is 2.76. The Labute approximate surface area is 151 Å². The van der Waals surface area contributed by atoms with E-state index in [0.717, 1.165) is 0 Å². The quantitative estimate of drug-likeness (QED) is 0.890. The van der Waals surface area contributed by atoms with Gasteiger partial charge < -0.3 is 19.5 Å². The number of ether oxygens (including phenoxy) is 3. The summed E-state index contributed by atoms with van der Waals surface area (Å²) in [6.07, 6.45) is -0.645. The van der Waals surface area contributed by atoms with E-state index in [4.69, 9.17) is 14.2 Å². The lowest BCUT2D eigenvalue weighted by Crippen LogP contribution is -2.47. The van der Waals surface area contributed by atoms with E-state index in [9.17, 15) is 9.59 Å². The summed E-state index contributed by atoms with van der Waals surface area (Å²) in [5.74, 6) is 1.06. The normalized spacial score (nSPS) is 15.7. The van der Waals surface area contributed by atoms with Crippen LogP contribution in [0.5, 0.6) is 17.2 Å². The molecule has 2 amide bonds. The minimum Gasteiger partial charge on any atom is -0.497 e. The van der Waals surface area contributed by atoms with Crippen LogP contribution >= 0.6 is 0 Å². The number of nitrogens with zero attached hydrogens (tertiary/aromatic N) is 1. The molecule has 0 aromatic heterocycles. The Morgan fingerprint density at radius 3 is 2.69 bits per heavy atom. The second-order valence-corrected chi connectivity index (χ2v) is 5.77. The second-order valence-electron chi connectivity index (χ2n) is 5.77. The highest BCUT2D eigenvalue weighted by molar-refractivity contribution is 6.06. The standard InChI is InChI=1S/C19H20N2O5/c1-12-19(23)21(15-6-4-5-7-16(15)26-12)11-18(22)20-14-9-8-13(24-2)10-17(14)25-3/h4-10,12H,11H2,1-3H3,(H,20,22)/t12-/m1/s1. The maximum atomic E-state index is 12.5. The summed E-state index contributed by atoms with van der Waals surface area (Å²) >= 11 is 0. The fourth-order valence-electron chi connectivity index (χ4n) is 2.76. The van der Waals surface area contributed by atoms with Crippen LogP contribution in [0, 0.1) is 0 Å².